The number of methoxy groups -OCH3 is 1. The lowest BCUT2D eigenvalue weighted by Crippen LogP contribution is -2.46. The van der Waals surface area contributed by atoms with Crippen molar-refractivity contribution in [3.8, 4) is 5.75 Å². The van der Waals surface area contributed by atoms with Crippen molar-refractivity contribution in [3.05, 3.63) is 29.6 Å². The van der Waals surface area contributed by atoms with E-state index in [-0.39, 0.29) is 30.4 Å². The molecular weight excluding hydrogens is 299 g/mol. The molecule has 2 aliphatic heterocycles. The monoisotopic (exact) mass is 322 g/mol. The van der Waals surface area contributed by atoms with Crippen molar-refractivity contribution in [1.82, 2.24) is 9.80 Å². The molecule has 2 heterocycles. The first-order chi connectivity index (χ1) is 11.1. The summed E-state index contributed by atoms with van der Waals surface area (Å²) in [7, 11) is 3.40. The standard InChI is InChI=1S/C17H23FN2O3/c1-19-8-13-10-20(6-5-16(13)23-11-17(19)21)9-12-7-14(22-2)3-4-15(12)18/h3-4,7,13,16H,5-6,8-11H2,1-2H3/t13-,16-/m0/s1. The molecule has 0 aliphatic carbocycles. The van der Waals surface area contributed by atoms with E-state index >= 15 is 0 Å². The third kappa shape index (κ3) is 3.64. The lowest BCUT2D eigenvalue weighted by atomic mass is 9.94. The Kier molecular flexibility index (Phi) is 4.82. The van der Waals surface area contributed by atoms with Crippen LogP contribution in [0.3, 0.4) is 0 Å². The van der Waals surface area contributed by atoms with Gasteiger partial charge in [0.1, 0.15) is 18.2 Å². The molecule has 0 unspecified atom stereocenters. The molecule has 1 amide bonds. The summed E-state index contributed by atoms with van der Waals surface area (Å²) in [4.78, 5) is 15.7. The summed E-state index contributed by atoms with van der Waals surface area (Å²) in [6, 6.07) is 4.83. The van der Waals surface area contributed by atoms with Gasteiger partial charge in [-0.05, 0) is 24.6 Å². The fourth-order valence-electron chi connectivity index (χ4n) is 3.41. The number of ether oxygens (including phenoxy) is 2. The number of rotatable bonds is 3. The lowest BCUT2D eigenvalue weighted by molar-refractivity contribution is -0.133. The number of carbonyl (C=O) groups is 1. The van der Waals surface area contributed by atoms with Gasteiger partial charge < -0.3 is 14.4 Å². The zero-order chi connectivity index (χ0) is 16.4. The minimum Gasteiger partial charge on any atom is -0.497 e. The largest absolute Gasteiger partial charge is 0.497 e. The Hall–Kier alpha value is -1.66. The average Bonchev–Trinajstić information content (AvgIpc) is 2.68. The summed E-state index contributed by atoms with van der Waals surface area (Å²) in [5.41, 5.74) is 0.641. The van der Waals surface area contributed by atoms with Gasteiger partial charge >= 0.3 is 0 Å². The van der Waals surface area contributed by atoms with E-state index in [0.717, 1.165) is 19.5 Å². The van der Waals surface area contributed by atoms with Crippen molar-refractivity contribution in [2.75, 3.05) is 40.4 Å². The number of hydrogen-bond acceptors (Lipinski definition) is 4. The first-order valence-corrected chi connectivity index (χ1v) is 7.97. The average molecular weight is 322 g/mol. The Morgan fingerprint density at radius 3 is 3.00 bits per heavy atom. The van der Waals surface area contributed by atoms with E-state index < -0.39 is 0 Å². The minimum absolute atomic E-state index is 0.0322. The number of nitrogens with zero attached hydrogens (tertiary/aromatic N) is 2. The second-order valence-electron chi connectivity index (χ2n) is 6.36. The summed E-state index contributed by atoms with van der Waals surface area (Å²) in [5, 5.41) is 0. The number of fused-ring (bicyclic) bond motifs is 1. The van der Waals surface area contributed by atoms with Crippen molar-refractivity contribution in [2.24, 2.45) is 5.92 Å². The van der Waals surface area contributed by atoms with Gasteiger partial charge in [0.05, 0.1) is 13.2 Å². The Balaban J connectivity index is 1.68. The molecule has 126 valence electrons. The van der Waals surface area contributed by atoms with Crippen LogP contribution in [0.2, 0.25) is 0 Å². The van der Waals surface area contributed by atoms with Gasteiger partial charge in [-0.2, -0.15) is 0 Å². The van der Waals surface area contributed by atoms with Crippen LogP contribution in [0.5, 0.6) is 5.75 Å². The van der Waals surface area contributed by atoms with E-state index in [1.807, 2.05) is 7.05 Å². The van der Waals surface area contributed by atoms with Crippen molar-refractivity contribution in [1.29, 1.82) is 0 Å². The second kappa shape index (κ2) is 6.84. The van der Waals surface area contributed by atoms with Crippen LogP contribution in [0.1, 0.15) is 12.0 Å². The van der Waals surface area contributed by atoms with E-state index in [1.165, 1.54) is 6.07 Å². The topological polar surface area (TPSA) is 42.0 Å². The quantitative estimate of drug-likeness (QED) is 0.846. The summed E-state index contributed by atoms with van der Waals surface area (Å²) >= 11 is 0. The summed E-state index contributed by atoms with van der Waals surface area (Å²) < 4.78 is 24.9. The van der Waals surface area contributed by atoms with Gasteiger partial charge in [-0.1, -0.05) is 0 Å². The van der Waals surface area contributed by atoms with Crippen LogP contribution in [-0.2, 0) is 16.1 Å². The molecule has 0 spiro atoms. The predicted octanol–water partition coefficient (Wildman–Crippen LogP) is 1.51. The number of likely N-dealkylation sites (N-methyl/N-ethyl adjacent to an activating group) is 1. The third-order valence-electron chi connectivity index (χ3n) is 4.75. The summed E-state index contributed by atoms with van der Waals surface area (Å²) in [6.45, 7) is 3.06. The normalized spacial score (nSPS) is 25.9. The number of hydrogen-bond donors (Lipinski definition) is 0. The smallest absolute Gasteiger partial charge is 0.248 e. The van der Waals surface area contributed by atoms with Crippen LogP contribution in [0, 0.1) is 11.7 Å². The van der Waals surface area contributed by atoms with Crippen molar-refractivity contribution >= 4 is 5.91 Å². The van der Waals surface area contributed by atoms with Crippen LogP contribution < -0.4 is 4.74 Å². The first kappa shape index (κ1) is 16.2. The summed E-state index contributed by atoms with van der Waals surface area (Å²) in [6.07, 6.45) is 0.993. The van der Waals surface area contributed by atoms with Crippen LogP contribution in [0.15, 0.2) is 18.2 Å². The Bertz CT molecular complexity index is 581. The molecule has 23 heavy (non-hydrogen) atoms. The number of piperidine rings is 1. The number of amides is 1. The van der Waals surface area contributed by atoms with Crippen molar-refractivity contribution in [2.45, 2.75) is 19.1 Å². The zero-order valence-electron chi connectivity index (χ0n) is 13.6. The molecule has 2 atom stereocenters. The zero-order valence-corrected chi connectivity index (χ0v) is 13.6. The molecule has 1 aromatic rings. The van der Waals surface area contributed by atoms with Crippen LogP contribution in [-0.4, -0.2) is 62.2 Å². The third-order valence-corrected chi connectivity index (χ3v) is 4.75. The van der Waals surface area contributed by atoms with Crippen LogP contribution in [0.25, 0.3) is 0 Å². The first-order valence-electron chi connectivity index (χ1n) is 7.97. The molecule has 0 radical (unpaired) electrons. The van der Waals surface area contributed by atoms with Gasteiger partial charge in [0, 0.05) is 44.7 Å². The molecule has 0 bridgehead atoms. The highest BCUT2D eigenvalue weighted by Crippen LogP contribution is 2.26. The van der Waals surface area contributed by atoms with E-state index in [0.29, 0.717) is 24.4 Å². The number of benzene rings is 1. The van der Waals surface area contributed by atoms with Gasteiger partial charge in [0.2, 0.25) is 5.91 Å². The highest BCUT2D eigenvalue weighted by molar-refractivity contribution is 5.77. The van der Waals surface area contributed by atoms with Gasteiger partial charge in [-0.3, -0.25) is 9.69 Å². The molecule has 1 aromatic carbocycles. The SMILES string of the molecule is COc1ccc(F)c(CN2CC[C@@H]3OCC(=O)N(C)C[C@H]3C2)c1. The number of likely N-dealkylation sites (tertiary alicyclic amines) is 1. The van der Waals surface area contributed by atoms with Gasteiger partial charge in [0.15, 0.2) is 0 Å². The Morgan fingerprint density at radius 2 is 2.22 bits per heavy atom. The van der Waals surface area contributed by atoms with Crippen LogP contribution >= 0.6 is 0 Å². The maximum absolute atomic E-state index is 14.0. The molecule has 5 nitrogen and oxygen atoms in total. The number of halogens is 1. The molecule has 0 N–H and O–H groups in total. The van der Waals surface area contributed by atoms with E-state index in [2.05, 4.69) is 4.90 Å². The Morgan fingerprint density at radius 1 is 1.39 bits per heavy atom. The molecule has 6 heteroatoms. The molecule has 3 rings (SSSR count). The number of carbonyl (C=O) groups excluding carboxylic acids is 1. The predicted molar refractivity (Wildman–Crippen MR) is 83.7 cm³/mol. The van der Waals surface area contributed by atoms with Gasteiger partial charge in [-0.15, -0.1) is 0 Å². The fraction of sp³-hybridized carbons (Fsp3) is 0.588. The van der Waals surface area contributed by atoms with E-state index in [1.54, 1.807) is 24.1 Å². The Labute approximate surface area is 136 Å². The highest BCUT2D eigenvalue weighted by atomic mass is 19.1. The van der Waals surface area contributed by atoms with Crippen molar-refractivity contribution < 1.29 is 18.7 Å². The van der Waals surface area contributed by atoms with Gasteiger partial charge in [-0.25, -0.2) is 4.39 Å². The fourth-order valence-corrected chi connectivity index (χ4v) is 3.41. The van der Waals surface area contributed by atoms with Crippen LogP contribution in [0.4, 0.5) is 4.39 Å². The highest BCUT2D eigenvalue weighted by Gasteiger charge is 2.34. The molecule has 2 fully saturated rings. The molecule has 0 saturated carbocycles. The minimum atomic E-state index is -0.211. The molecule has 0 aromatic heterocycles. The molecule has 2 saturated heterocycles. The van der Waals surface area contributed by atoms with E-state index in [4.69, 9.17) is 9.47 Å². The van der Waals surface area contributed by atoms with E-state index in [9.17, 15) is 9.18 Å². The van der Waals surface area contributed by atoms with Crippen molar-refractivity contribution in [3.63, 3.8) is 0 Å². The summed E-state index contributed by atoms with van der Waals surface area (Å²) in [5.74, 6) is 0.760. The maximum atomic E-state index is 14.0. The molecule has 2 aliphatic rings. The lowest BCUT2D eigenvalue weighted by Gasteiger charge is -2.37. The maximum Gasteiger partial charge on any atom is 0.248 e. The van der Waals surface area contributed by atoms with Gasteiger partial charge in [0.25, 0.3) is 0 Å². The second-order valence-corrected chi connectivity index (χ2v) is 6.36. The molecular formula is C17H23FN2O3.